The van der Waals surface area contributed by atoms with Gasteiger partial charge in [-0.25, -0.2) is 0 Å². The van der Waals surface area contributed by atoms with Crippen molar-refractivity contribution in [3.8, 4) is 5.75 Å². The first-order valence-electron chi connectivity index (χ1n) is 7.61. The lowest BCUT2D eigenvalue weighted by Crippen LogP contribution is -2.40. The highest BCUT2D eigenvalue weighted by Gasteiger charge is 2.15. The van der Waals surface area contributed by atoms with Crippen LogP contribution in [0, 0.1) is 0 Å². The molecule has 0 amide bonds. The van der Waals surface area contributed by atoms with Crippen LogP contribution in [0.5, 0.6) is 5.75 Å². The lowest BCUT2D eigenvalue weighted by molar-refractivity contribution is 0.414. The van der Waals surface area contributed by atoms with Gasteiger partial charge in [0, 0.05) is 30.4 Å². The smallest absolute Gasteiger partial charge is 0.191 e. The Balaban J connectivity index is 0.00000264. The predicted molar refractivity (Wildman–Crippen MR) is 112 cm³/mol. The number of rotatable bonds is 6. The molecule has 2 N–H and O–H groups in total. The molecule has 0 aliphatic carbocycles. The van der Waals surface area contributed by atoms with E-state index in [-0.39, 0.29) is 24.0 Å². The highest BCUT2D eigenvalue weighted by atomic mass is 127. The van der Waals surface area contributed by atoms with Gasteiger partial charge in [0.2, 0.25) is 0 Å². The molecule has 1 heterocycles. The first kappa shape index (κ1) is 20.7. The molecular weight excluding hydrogens is 445 g/mol. The van der Waals surface area contributed by atoms with Crippen molar-refractivity contribution in [3.63, 3.8) is 0 Å². The summed E-state index contributed by atoms with van der Waals surface area (Å²) in [6.07, 6.45) is 3.48. The number of methoxy groups -OCH3 is 1. The van der Waals surface area contributed by atoms with Crippen molar-refractivity contribution in [1.29, 1.82) is 0 Å². The molecule has 1 fully saturated rings. The van der Waals surface area contributed by atoms with Crippen molar-refractivity contribution in [2.45, 2.75) is 24.5 Å². The fourth-order valence-electron chi connectivity index (χ4n) is 2.41. The number of nitrogens with zero attached hydrogens (tertiary/aromatic N) is 1. The zero-order chi connectivity index (χ0) is 15.8. The Hall–Kier alpha value is -0.340. The van der Waals surface area contributed by atoms with E-state index < -0.39 is 0 Å². The first-order chi connectivity index (χ1) is 10.7. The van der Waals surface area contributed by atoms with Crippen LogP contribution < -0.4 is 15.4 Å². The second-order valence-electron chi connectivity index (χ2n) is 5.22. The predicted octanol–water partition coefficient (Wildman–Crippen LogP) is 3.57. The van der Waals surface area contributed by atoms with E-state index in [9.17, 15) is 0 Å². The van der Waals surface area contributed by atoms with E-state index >= 15 is 0 Å². The van der Waals surface area contributed by atoms with Gasteiger partial charge in [0.25, 0.3) is 0 Å². The molecule has 0 spiro atoms. The molecule has 1 unspecified atom stereocenters. The van der Waals surface area contributed by atoms with Crippen LogP contribution in [0.3, 0.4) is 0 Å². The van der Waals surface area contributed by atoms with E-state index in [1.165, 1.54) is 18.6 Å². The standard InChI is InChI=1S/C16H24ClN3OS.HI/c1-18-16(20-11-14-4-3-9-22-14)19-8-7-12-5-6-13(21-2)10-15(12)17;/h5-6,10,14H,3-4,7-9,11H2,1-2H3,(H2,18,19,20);1H. The first-order valence-corrected chi connectivity index (χ1v) is 9.04. The van der Waals surface area contributed by atoms with Crippen molar-refractivity contribution >= 4 is 53.3 Å². The van der Waals surface area contributed by atoms with E-state index in [1.54, 1.807) is 14.2 Å². The third-order valence-corrected chi connectivity index (χ3v) is 5.44. The Kier molecular flexibility index (Phi) is 10.1. The van der Waals surface area contributed by atoms with Crippen LogP contribution in [-0.2, 0) is 6.42 Å². The van der Waals surface area contributed by atoms with Gasteiger partial charge < -0.3 is 15.4 Å². The average Bonchev–Trinajstić information content (AvgIpc) is 3.05. The van der Waals surface area contributed by atoms with Gasteiger partial charge in [0.1, 0.15) is 5.75 Å². The second kappa shape index (κ2) is 11.3. The molecule has 2 rings (SSSR count). The third-order valence-electron chi connectivity index (χ3n) is 3.69. The monoisotopic (exact) mass is 469 g/mol. The number of hydrogen-bond donors (Lipinski definition) is 2. The van der Waals surface area contributed by atoms with Gasteiger partial charge in [-0.1, -0.05) is 17.7 Å². The molecule has 0 saturated carbocycles. The Morgan fingerprint density at radius 2 is 2.26 bits per heavy atom. The summed E-state index contributed by atoms with van der Waals surface area (Å²) in [4.78, 5) is 4.26. The van der Waals surface area contributed by atoms with Crippen molar-refractivity contribution in [2.75, 3.05) is 33.0 Å². The average molecular weight is 470 g/mol. The number of ether oxygens (including phenoxy) is 1. The van der Waals surface area contributed by atoms with Gasteiger partial charge in [-0.2, -0.15) is 11.8 Å². The maximum absolute atomic E-state index is 6.25. The van der Waals surface area contributed by atoms with Crippen LogP contribution in [-0.4, -0.2) is 44.2 Å². The fourth-order valence-corrected chi connectivity index (χ4v) is 3.88. The van der Waals surface area contributed by atoms with Crippen LogP contribution >= 0.6 is 47.3 Å². The Labute approximate surface area is 165 Å². The molecule has 1 aromatic rings. The molecule has 1 aromatic carbocycles. The number of halogens is 2. The van der Waals surface area contributed by atoms with Gasteiger partial charge in [-0.05, 0) is 42.7 Å². The lowest BCUT2D eigenvalue weighted by Gasteiger charge is -2.15. The topological polar surface area (TPSA) is 45.7 Å². The van der Waals surface area contributed by atoms with E-state index in [4.69, 9.17) is 16.3 Å². The maximum atomic E-state index is 6.25. The molecule has 0 aromatic heterocycles. The number of hydrogen-bond acceptors (Lipinski definition) is 3. The SMILES string of the molecule is CN=C(NCCc1ccc(OC)cc1Cl)NCC1CCCS1.I. The third kappa shape index (κ3) is 6.97. The lowest BCUT2D eigenvalue weighted by atomic mass is 10.1. The maximum Gasteiger partial charge on any atom is 0.191 e. The molecule has 130 valence electrons. The van der Waals surface area contributed by atoms with E-state index in [0.29, 0.717) is 0 Å². The van der Waals surface area contributed by atoms with E-state index in [2.05, 4.69) is 15.6 Å². The molecule has 4 nitrogen and oxygen atoms in total. The molecule has 1 aliphatic rings. The van der Waals surface area contributed by atoms with Crippen LogP contribution in [0.2, 0.25) is 5.02 Å². The molecule has 1 aliphatic heterocycles. The molecule has 7 heteroatoms. The Morgan fingerprint density at radius 1 is 1.43 bits per heavy atom. The number of thioether (sulfide) groups is 1. The van der Waals surface area contributed by atoms with Gasteiger partial charge in [0.05, 0.1) is 7.11 Å². The largest absolute Gasteiger partial charge is 0.497 e. The summed E-state index contributed by atoms with van der Waals surface area (Å²) in [6.45, 7) is 1.77. The summed E-state index contributed by atoms with van der Waals surface area (Å²) in [6, 6.07) is 5.79. The Morgan fingerprint density at radius 3 is 2.87 bits per heavy atom. The molecule has 0 bridgehead atoms. The number of guanidine groups is 1. The summed E-state index contributed by atoms with van der Waals surface area (Å²) in [7, 11) is 3.45. The molecular formula is C16H25ClIN3OS. The van der Waals surface area contributed by atoms with Gasteiger partial charge >= 0.3 is 0 Å². The molecule has 1 atom stereocenters. The van der Waals surface area contributed by atoms with Crippen molar-refractivity contribution in [3.05, 3.63) is 28.8 Å². The number of benzene rings is 1. The molecule has 23 heavy (non-hydrogen) atoms. The normalized spacial score (nSPS) is 17.5. The van der Waals surface area contributed by atoms with Gasteiger partial charge in [-0.15, -0.1) is 24.0 Å². The quantitative estimate of drug-likeness (QED) is 0.380. The van der Waals surface area contributed by atoms with E-state index in [1.807, 2.05) is 30.0 Å². The molecule has 1 saturated heterocycles. The minimum Gasteiger partial charge on any atom is -0.497 e. The van der Waals surface area contributed by atoms with Crippen LogP contribution in [0.4, 0.5) is 0 Å². The fraction of sp³-hybridized carbons (Fsp3) is 0.562. The number of aliphatic imine (C=N–C) groups is 1. The van der Waals surface area contributed by atoms with Crippen molar-refractivity contribution in [2.24, 2.45) is 4.99 Å². The minimum atomic E-state index is 0. The van der Waals surface area contributed by atoms with Crippen LogP contribution in [0.25, 0.3) is 0 Å². The number of nitrogens with one attached hydrogen (secondary N) is 2. The highest BCUT2D eigenvalue weighted by Crippen LogP contribution is 2.25. The van der Waals surface area contributed by atoms with Crippen LogP contribution in [0.15, 0.2) is 23.2 Å². The van der Waals surface area contributed by atoms with E-state index in [0.717, 1.165) is 47.1 Å². The van der Waals surface area contributed by atoms with Crippen molar-refractivity contribution in [1.82, 2.24) is 10.6 Å². The zero-order valence-corrected chi connectivity index (χ0v) is 17.5. The molecule has 0 radical (unpaired) electrons. The van der Waals surface area contributed by atoms with Crippen LogP contribution in [0.1, 0.15) is 18.4 Å². The van der Waals surface area contributed by atoms with Gasteiger partial charge in [-0.3, -0.25) is 4.99 Å². The van der Waals surface area contributed by atoms with Gasteiger partial charge in [0.15, 0.2) is 5.96 Å². The summed E-state index contributed by atoms with van der Waals surface area (Å²) in [5.41, 5.74) is 1.11. The minimum absolute atomic E-state index is 0. The Bertz CT molecular complexity index is 510. The van der Waals surface area contributed by atoms with Crippen molar-refractivity contribution < 1.29 is 4.74 Å². The summed E-state index contributed by atoms with van der Waals surface area (Å²) in [5, 5.41) is 8.19. The summed E-state index contributed by atoms with van der Waals surface area (Å²) < 4.78 is 5.16. The zero-order valence-electron chi connectivity index (χ0n) is 13.6. The summed E-state index contributed by atoms with van der Waals surface area (Å²) in [5.74, 6) is 2.93. The second-order valence-corrected chi connectivity index (χ2v) is 7.04. The highest BCUT2D eigenvalue weighted by molar-refractivity contribution is 14.0. The summed E-state index contributed by atoms with van der Waals surface area (Å²) >= 11 is 8.29.